The van der Waals surface area contributed by atoms with Gasteiger partial charge in [0, 0.05) is 28.5 Å². The van der Waals surface area contributed by atoms with Gasteiger partial charge in [0.1, 0.15) is 0 Å². The van der Waals surface area contributed by atoms with Gasteiger partial charge in [-0.1, -0.05) is 29.8 Å². The van der Waals surface area contributed by atoms with Crippen molar-refractivity contribution < 1.29 is 0 Å². The lowest BCUT2D eigenvalue weighted by Crippen LogP contribution is -1.99. The average Bonchev–Trinajstić information content (AvgIpc) is 2.85. The van der Waals surface area contributed by atoms with E-state index in [2.05, 4.69) is 27.6 Å². The maximum atomic E-state index is 6.24. The fourth-order valence-corrected chi connectivity index (χ4v) is 3.03. The van der Waals surface area contributed by atoms with Crippen molar-refractivity contribution in [1.82, 2.24) is 9.38 Å². The number of nitrogens with two attached hydrogens (primary N) is 1. The van der Waals surface area contributed by atoms with Crippen LogP contribution in [0.3, 0.4) is 0 Å². The second-order valence-corrected chi connectivity index (χ2v) is 5.33. The van der Waals surface area contributed by atoms with Gasteiger partial charge in [-0.15, -0.1) is 0 Å². The van der Waals surface area contributed by atoms with E-state index in [0.717, 1.165) is 20.5 Å². The first-order valence-electron chi connectivity index (χ1n) is 5.34. The van der Waals surface area contributed by atoms with Gasteiger partial charge >= 0.3 is 0 Å². The number of nitrogens with zero attached hydrogens (tertiary/aromatic N) is 2. The van der Waals surface area contributed by atoms with Gasteiger partial charge in [-0.2, -0.15) is 0 Å². The molecule has 0 radical (unpaired) electrons. The van der Waals surface area contributed by atoms with Crippen LogP contribution in [0.5, 0.6) is 0 Å². The van der Waals surface area contributed by atoms with Gasteiger partial charge in [-0.25, -0.2) is 4.98 Å². The van der Waals surface area contributed by atoms with Crippen LogP contribution < -0.4 is 5.73 Å². The van der Waals surface area contributed by atoms with Crippen molar-refractivity contribution in [1.29, 1.82) is 0 Å². The summed E-state index contributed by atoms with van der Waals surface area (Å²) in [6, 6.07) is 9.66. The minimum atomic E-state index is 0.648. The number of anilines is 1. The highest BCUT2D eigenvalue weighted by molar-refractivity contribution is 14.1. The zero-order valence-electron chi connectivity index (χ0n) is 9.27. The van der Waals surface area contributed by atoms with Crippen molar-refractivity contribution in [3.63, 3.8) is 0 Å². The number of halogens is 2. The maximum Gasteiger partial charge on any atom is 0.160 e. The third kappa shape index (κ3) is 1.76. The minimum absolute atomic E-state index is 0.648. The van der Waals surface area contributed by atoms with E-state index < -0.39 is 0 Å². The third-order valence-electron chi connectivity index (χ3n) is 2.80. The highest BCUT2D eigenvalue weighted by atomic mass is 127. The van der Waals surface area contributed by atoms with E-state index >= 15 is 0 Å². The normalized spacial score (nSPS) is 11.0. The molecule has 3 aromatic rings. The molecule has 5 heteroatoms. The minimum Gasteiger partial charge on any atom is -0.396 e. The molecular formula is C13H9ClIN3. The van der Waals surface area contributed by atoms with Crippen LogP contribution in [-0.4, -0.2) is 9.38 Å². The monoisotopic (exact) mass is 369 g/mol. The fourth-order valence-electron chi connectivity index (χ4n) is 1.95. The van der Waals surface area contributed by atoms with Crippen LogP contribution in [0.2, 0.25) is 5.02 Å². The van der Waals surface area contributed by atoms with Crippen LogP contribution in [0.4, 0.5) is 5.69 Å². The molecular weight excluding hydrogens is 361 g/mol. The summed E-state index contributed by atoms with van der Waals surface area (Å²) in [5, 5.41) is 0.717. The molecule has 1 aromatic carbocycles. The number of hydrogen-bond donors (Lipinski definition) is 1. The zero-order valence-corrected chi connectivity index (χ0v) is 12.2. The van der Waals surface area contributed by atoms with Crippen molar-refractivity contribution in [3.05, 3.63) is 51.4 Å². The molecule has 3 nitrogen and oxygen atoms in total. The number of aromatic nitrogens is 2. The molecule has 3 rings (SSSR count). The Morgan fingerprint density at radius 2 is 2.00 bits per heavy atom. The molecule has 2 heterocycles. The number of fused-ring (bicyclic) bond motifs is 1. The molecule has 18 heavy (non-hydrogen) atoms. The van der Waals surface area contributed by atoms with E-state index in [-0.39, 0.29) is 0 Å². The van der Waals surface area contributed by atoms with Crippen LogP contribution >= 0.6 is 34.2 Å². The number of rotatable bonds is 1. The van der Waals surface area contributed by atoms with Gasteiger partial charge in [-0.3, -0.25) is 4.40 Å². The van der Waals surface area contributed by atoms with Gasteiger partial charge in [0.15, 0.2) is 5.65 Å². The highest BCUT2D eigenvalue weighted by Gasteiger charge is 2.12. The Morgan fingerprint density at radius 3 is 2.78 bits per heavy atom. The lowest BCUT2D eigenvalue weighted by molar-refractivity contribution is 1.14. The molecule has 0 amide bonds. The number of imidazole rings is 1. The summed E-state index contributed by atoms with van der Waals surface area (Å²) in [5.41, 5.74) is 9.45. The molecule has 0 aliphatic carbocycles. The lowest BCUT2D eigenvalue weighted by Gasteiger charge is -2.10. The summed E-state index contributed by atoms with van der Waals surface area (Å²) in [6.07, 6.45) is 3.64. The first kappa shape index (κ1) is 11.8. The standard InChI is InChI=1S/C13H9ClIN3/c14-10-4-2-1-3-8(10)9-7-11(16)13-17-5-6-18(13)12(9)15/h1-7H,16H2. The molecule has 90 valence electrons. The van der Waals surface area contributed by atoms with Crippen LogP contribution in [0, 0.1) is 3.70 Å². The summed E-state index contributed by atoms with van der Waals surface area (Å²) in [5.74, 6) is 0. The summed E-state index contributed by atoms with van der Waals surface area (Å²) < 4.78 is 3.01. The summed E-state index contributed by atoms with van der Waals surface area (Å²) in [7, 11) is 0. The molecule has 2 aromatic heterocycles. The Labute approximate surface area is 123 Å². The van der Waals surface area contributed by atoms with Crippen molar-refractivity contribution in [3.8, 4) is 11.1 Å². The molecule has 2 N–H and O–H groups in total. The van der Waals surface area contributed by atoms with Gasteiger partial charge in [-0.05, 0) is 34.7 Å². The largest absolute Gasteiger partial charge is 0.396 e. The fraction of sp³-hybridized carbons (Fsp3) is 0. The van der Waals surface area contributed by atoms with Crippen LogP contribution in [0.1, 0.15) is 0 Å². The van der Waals surface area contributed by atoms with Crippen molar-refractivity contribution in [2.24, 2.45) is 0 Å². The molecule has 0 saturated carbocycles. The van der Waals surface area contributed by atoms with E-state index in [1.54, 1.807) is 6.20 Å². The Morgan fingerprint density at radius 1 is 1.22 bits per heavy atom. The van der Waals surface area contributed by atoms with E-state index in [1.165, 1.54) is 0 Å². The first-order valence-corrected chi connectivity index (χ1v) is 6.80. The van der Waals surface area contributed by atoms with Crippen LogP contribution in [0.15, 0.2) is 42.7 Å². The Balaban J connectivity index is 2.36. The smallest absolute Gasteiger partial charge is 0.160 e. The van der Waals surface area contributed by atoms with Crippen molar-refractivity contribution in [2.75, 3.05) is 5.73 Å². The quantitative estimate of drug-likeness (QED) is 0.523. The van der Waals surface area contributed by atoms with E-state index in [9.17, 15) is 0 Å². The first-order chi connectivity index (χ1) is 8.68. The Bertz CT molecular complexity index is 736. The second kappa shape index (κ2) is 4.44. The number of hydrogen-bond acceptors (Lipinski definition) is 2. The zero-order chi connectivity index (χ0) is 12.7. The molecule has 0 unspecified atom stereocenters. The van der Waals surface area contributed by atoms with E-state index in [0.29, 0.717) is 10.7 Å². The molecule has 0 bridgehead atoms. The topological polar surface area (TPSA) is 43.3 Å². The van der Waals surface area contributed by atoms with Crippen molar-refractivity contribution >= 4 is 45.5 Å². The summed E-state index contributed by atoms with van der Waals surface area (Å²) in [4.78, 5) is 4.24. The number of nitrogen functional groups attached to an aromatic ring is 1. The summed E-state index contributed by atoms with van der Waals surface area (Å²) >= 11 is 8.52. The number of pyridine rings is 1. The van der Waals surface area contributed by atoms with Crippen molar-refractivity contribution in [2.45, 2.75) is 0 Å². The predicted molar refractivity (Wildman–Crippen MR) is 82.8 cm³/mol. The molecule has 0 aliphatic rings. The Hall–Kier alpha value is -1.27. The Kier molecular flexibility index (Phi) is 2.91. The summed E-state index contributed by atoms with van der Waals surface area (Å²) in [6.45, 7) is 0. The maximum absolute atomic E-state index is 6.24. The van der Waals surface area contributed by atoms with Gasteiger partial charge < -0.3 is 5.73 Å². The molecule has 0 aliphatic heterocycles. The van der Waals surface area contributed by atoms with Gasteiger partial charge in [0.2, 0.25) is 0 Å². The van der Waals surface area contributed by atoms with Crippen LogP contribution in [0.25, 0.3) is 16.8 Å². The molecule has 0 fully saturated rings. The van der Waals surface area contributed by atoms with E-state index in [4.69, 9.17) is 17.3 Å². The van der Waals surface area contributed by atoms with E-state index in [1.807, 2.05) is 40.9 Å². The average molecular weight is 370 g/mol. The second-order valence-electron chi connectivity index (χ2n) is 3.90. The number of benzene rings is 1. The molecule has 0 spiro atoms. The van der Waals surface area contributed by atoms with Gasteiger partial charge in [0.05, 0.1) is 9.39 Å². The third-order valence-corrected chi connectivity index (χ3v) is 4.23. The predicted octanol–water partition coefficient (Wildman–Crippen LogP) is 3.84. The lowest BCUT2D eigenvalue weighted by atomic mass is 10.1. The highest BCUT2D eigenvalue weighted by Crippen LogP contribution is 2.33. The SMILES string of the molecule is Nc1cc(-c2ccccc2Cl)c(I)n2ccnc12. The molecule has 0 saturated heterocycles. The van der Waals surface area contributed by atoms with Gasteiger partial charge in [0.25, 0.3) is 0 Å². The molecule has 0 atom stereocenters. The van der Waals surface area contributed by atoms with Crippen LogP contribution in [-0.2, 0) is 0 Å².